The number of hydrogen-bond donors (Lipinski definition) is 3. The SMILES string of the molecule is CCC(CC)(CC(=O)O)NC(=O)C(C)NS(=O)(=O)c1c(C)noc1C. The minimum Gasteiger partial charge on any atom is -0.481 e. The molecule has 0 saturated heterocycles. The Morgan fingerprint density at radius 2 is 1.84 bits per heavy atom. The van der Waals surface area contributed by atoms with Gasteiger partial charge in [-0.25, -0.2) is 8.42 Å². The lowest BCUT2D eigenvalue weighted by Crippen LogP contribution is -2.55. The molecule has 1 aromatic heterocycles. The maximum absolute atomic E-state index is 12.4. The number of carboxylic acids is 1. The van der Waals surface area contributed by atoms with Crippen molar-refractivity contribution in [1.82, 2.24) is 15.2 Å². The van der Waals surface area contributed by atoms with Crippen molar-refractivity contribution in [2.45, 2.75) is 70.4 Å². The van der Waals surface area contributed by atoms with E-state index in [9.17, 15) is 18.0 Å². The van der Waals surface area contributed by atoms with Crippen LogP contribution >= 0.6 is 0 Å². The van der Waals surface area contributed by atoms with Gasteiger partial charge in [0.25, 0.3) is 0 Å². The number of rotatable bonds is 9. The smallest absolute Gasteiger partial charge is 0.305 e. The summed E-state index contributed by atoms with van der Waals surface area (Å²) in [5, 5.41) is 15.3. The number of aromatic nitrogens is 1. The summed E-state index contributed by atoms with van der Waals surface area (Å²) in [6.45, 7) is 7.88. The summed E-state index contributed by atoms with van der Waals surface area (Å²) < 4.78 is 32.0. The van der Waals surface area contributed by atoms with Crippen molar-refractivity contribution in [2.24, 2.45) is 0 Å². The molecule has 0 aliphatic heterocycles. The number of carboxylic acid groups (broad SMARTS) is 1. The number of sulfonamides is 1. The Balaban J connectivity index is 2.94. The van der Waals surface area contributed by atoms with Gasteiger partial charge in [0.1, 0.15) is 10.6 Å². The van der Waals surface area contributed by atoms with Crippen LogP contribution in [-0.2, 0) is 19.6 Å². The molecule has 0 spiro atoms. The molecule has 10 heteroatoms. The molecule has 0 radical (unpaired) electrons. The summed E-state index contributed by atoms with van der Waals surface area (Å²) in [5.41, 5.74) is -0.731. The number of amides is 1. The monoisotopic (exact) mass is 375 g/mol. The third kappa shape index (κ3) is 5.02. The number of aryl methyl sites for hydroxylation is 2. The molecule has 142 valence electrons. The maximum atomic E-state index is 12.4. The van der Waals surface area contributed by atoms with Crippen LogP contribution in [-0.4, -0.2) is 42.1 Å². The predicted molar refractivity (Wildman–Crippen MR) is 89.5 cm³/mol. The van der Waals surface area contributed by atoms with Crippen LogP contribution in [0, 0.1) is 13.8 Å². The first-order chi connectivity index (χ1) is 11.5. The molecule has 25 heavy (non-hydrogen) atoms. The molecule has 0 fully saturated rings. The molecule has 3 N–H and O–H groups in total. The van der Waals surface area contributed by atoms with Crippen LogP contribution in [0.25, 0.3) is 0 Å². The third-order valence-electron chi connectivity index (χ3n) is 4.19. The number of aliphatic carboxylic acids is 1. The Labute approximate surface area is 147 Å². The number of nitrogens with zero attached hydrogens (tertiary/aromatic N) is 1. The van der Waals surface area contributed by atoms with Crippen molar-refractivity contribution in [3.8, 4) is 0 Å². The molecule has 0 aliphatic rings. The summed E-state index contributed by atoms with van der Waals surface area (Å²) in [7, 11) is -4.00. The lowest BCUT2D eigenvalue weighted by molar-refractivity contribution is -0.139. The van der Waals surface area contributed by atoms with E-state index in [0.29, 0.717) is 12.8 Å². The van der Waals surface area contributed by atoms with Crippen molar-refractivity contribution in [3.63, 3.8) is 0 Å². The Hall–Kier alpha value is -1.94. The van der Waals surface area contributed by atoms with Crippen molar-refractivity contribution in [2.75, 3.05) is 0 Å². The molecule has 1 unspecified atom stereocenters. The molecule has 1 rings (SSSR count). The van der Waals surface area contributed by atoms with Crippen molar-refractivity contribution >= 4 is 21.9 Å². The molecule has 9 nitrogen and oxygen atoms in total. The largest absolute Gasteiger partial charge is 0.481 e. The summed E-state index contributed by atoms with van der Waals surface area (Å²) in [6, 6.07) is -1.09. The molecular weight excluding hydrogens is 350 g/mol. The highest BCUT2D eigenvalue weighted by Crippen LogP contribution is 2.21. The molecule has 0 saturated carbocycles. The number of carbonyl (C=O) groups excluding carboxylic acids is 1. The Bertz CT molecular complexity index is 717. The van der Waals surface area contributed by atoms with Gasteiger partial charge < -0.3 is 14.9 Å². The van der Waals surface area contributed by atoms with Gasteiger partial charge in [-0.3, -0.25) is 9.59 Å². The average molecular weight is 375 g/mol. The van der Waals surface area contributed by atoms with Gasteiger partial charge in [-0.2, -0.15) is 4.72 Å². The van der Waals surface area contributed by atoms with Gasteiger partial charge in [0.15, 0.2) is 5.76 Å². The average Bonchev–Trinajstić information content (AvgIpc) is 2.85. The molecule has 0 bridgehead atoms. The second kappa shape index (κ2) is 7.96. The predicted octanol–water partition coefficient (Wildman–Crippen LogP) is 1.11. The topological polar surface area (TPSA) is 139 Å². The minimum absolute atomic E-state index is 0.102. The number of hydrogen-bond acceptors (Lipinski definition) is 6. The van der Waals surface area contributed by atoms with E-state index in [1.54, 1.807) is 13.8 Å². The van der Waals surface area contributed by atoms with Crippen LogP contribution in [0.5, 0.6) is 0 Å². The second-order valence-corrected chi connectivity index (χ2v) is 7.69. The van der Waals surface area contributed by atoms with Gasteiger partial charge in [0.2, 0.25) is 15.9 Å². The molecule has 1 heterocycles. The van der Waals surface area contributed by atoms with Crippen LogP contribution in [0.2, 0.25) is 0 Å². The highest BCUT2D eigenvalue weighted by molar-refractivity contribution is 7.89. The van der Waals surface area contributed by atoms with Crippen LogP contribution in [0.1, 0.15) is 51.5 Å². The normalized spacial score (nSPS) is 13.5. The van der Waals surface area contributed by atoms with Crippen molar-refractivity contribution in [3.05, 3.63) is 11.5 Å². The van der Waals surface area contributed by atoms with Gasteiger partial charge in [0, 0.05) is 0 Å². The van der Waals surface area contributed by atoms with Crippen molar-refractivity contribution in [1.29, 1.82) is 0 Å². The van der Waals surface area contributed by atoms with Gasteiger partial charge >= 0.3 is 5.97 Å². The first-order valence-corrected chi connectivity index (χ1v) is 9.45. The zero-order valence-corrected chi connectivity index (χ0v) is 15.9. The van der Waals surface area contributed by atoms with E-state index in [1.165, 1.54) is 20.8 Å². The van der Waals surface area contributed by atoms with Crippen molar-refractivity contribution < 1.29 is 27.6 Å². The Morgan fingerprint density at radius 3 is 2.24 bits per heavy atom. The van der Waals surface area contributed by atoms with Crippen LogP contribution in [0.15, 0.2) is 9.42 Å². The van der Waals surface area contributed by atoms with E-state index in [4.69, 9.17) is 9.63 Å². The second-order valence-electron chi connectivity index (χ2n) is 6.04. The number of carbonyl (C=O) groups is 2. The van der Waals surface area contributed by atoms with Gasteiger partial charge in [-0.1, -0.05) is 19.0 Å². The lowest BCUT2D eigenvalue weighted by Gasteiger charge is -2.32. The highest BCUT2D eigenvalue weighted by Gasteiger charge is 2.34. The summed E-state index contributed by atoms with van der Waals surface area (Å²) in [5.74, 6) is -1.51. The van der Waals surface area contributed by atoms with Gasteiger partial charge in [-0.15, -0.1) is 0 Å². The Morgan fingerprint density at radius 1 is 1.28 bits per heavy atom. The first-order valence-electron chi connectivity index (χ1n) is 7.97. The van der Waals surface area contributed by atoms with Gasteiger partial charge in [-0.05, 0) is 33.6 Å². The van der Waals surface area contributed by atoms with Gasteiger partial charge in [0.05, 0.1) is 18.0 Å². The molecule has 1 amide bonds. The Kier molecular flexibility index (Phi) is 6.72. The molecule has 1 aromatic rings. The molecule has 0 aromatic carbocycles. The number of nitrogens with one attached hydrogen (secondary N) is 2. The molecule has 0 aliphatic carbocycles. The highest BCUT2D eigenvalue weighted by atomic mass is 32.2. The van der Waals surface area contributed by atoms with E-state index in [1.807, 2.05) is 0 Å². The maximum Gasteiger partial charge on any atom is 0.305 e. The summed E-state index contributed by atoms with van der Waals surface area (Å²) in [6.07, 6.45) is 0.574. The van der Waals surface area contributed by atoms with E-state index < -0.39 is 33.5 Å². The summed E-state index contributed by atoms with van der Waals surface area (Å²) in [4.78, 5) is 23.4. The van der Waals surface area contributed by atoms with Crippen LogP contribution in [0.4, 0.5) is 0 Å². The fourth-order valence-corrected chi connectivity index (χ4v) is 4.12. The van der Waals surface area contributed by atoms with E-state index in [0.717, 1.165) is 0 Å². The quantitative estimate of drug-likeness (QED) is 0.587. The standard InChI is InChI=1S/C15H25N3O6S/c1-6-15(7-2,8-12(19)20)16-14(21)10(4)18-25(22,23)13-9(3)17-24-11(13)5/h10,18H,6-8H2,1-5H3,(H,16,21)(H,19,20). The summed E-state index contributed by atoms with van der Waals surface area (Å²) >= 11 is 0. The molecular formula is C15H25N3O6S. The van der Waals surface area contributed by atoms with E-state index in [2.05, 4.69) is 15.2 Å². The van der Waals surface area contributed by atoms with Crippen LogP contribution in [0.3, 0.4) is 0 Å². The van der Waals surface area contributed by atoms with Crippen LogP contribution < -0.4 is 10.0 Å². The zero-order valence-electron chi connectivity index (χ0n) is 15.0. The lowest BCUT2D eigenvalue weighted by atomic mass is 9.88. The van der Waals surface area contributed by atoms with E-state index >= 15 is 0 Å². The minimum atomic E-state index is -4.00. The fraction of sp³-hybridized carbons (Fsp3) is 0.667. The zero-order chi connectivity index (χ0) is 19.4. The molecule has 1 atom stereocenters. The third-order valence-corrected chi connectivity index (χ3v) is 5.98. The van der Waals surface area contributed by atoms with E-state index in [-0.39, 0.29) is 22.8 Å². The first kappa shape index (κ1) is 21.1. The fourth-order valence-electron chi connectivity index (χ4n) is 2.58.